The maximum atomic E-state index is 13.0. The molecule has 2 aliphatic heterocycles. The molecule has 1 aromatic heterocycles. The molecule has 38 heavy (non-hydrogen) atoms. The van der Waals surface area contributed by atoms with Gasteiger partial charge in [-0.25, -0.2) is 4.98 Å². The zero-order valence-electron chi connectivity index (χ0n) is 23.2. The highest BCUT2D eigenvalue weighted by Gasteiger charge is 2.33. The van der Waals surface area contributed by atoms with Crippen molar-refractivity contribution in [2.75, 3.05) is 51.8 Å². The van der Waals surface area contributed by atoms with Gasteiger partial charge in [-0.05, 0) is 67.2 Å². The fourth-order valence-electron chi connectivity index (χ4n) is 5.78. The fourth-order valence-corrected chi connectivity index (χ4v) is 5.78. The molecule has 1 unspecified atom stereocenters. The van der Waals surface area contributed by atoms with Crippen LogP contribution in [0.1, 0.15) is 55.5 Å². The molecule has 2 saturated heterocycles. The van der Waals surface area contributed by atoms with E-state index in [1.807, 2.05) is 41.3 Å². The van der Waals surface area contributed by atoms with Crippen molar-refractivity contribution in [2.45, 2.75) is 45.1 Å². The molecule has 2 fully saturated rings. The molecule has 6 nitrogen and oxygen atoms in total. The highest BCUT2D eigenvalue weighted by molar-refractivity contribution is 5.79. The van der Waals surface area contributed by atoms with E-state index < -0.39 is 0 Å². The SMILES string of the molecule is COc1cccc(-c2cc(C(C)C)nc(N3CCN(C(=O)Cc4ccccc4)CC3)c2C2CCCN2C)c1. The smallest absolute Gasteiger partial charge is 0.227 e. The molecule has 3 aromatic rings. The van der Waals surface area contributed by atoms with E-state index >= 15 is 0 Å². The number of carbonyl (C=O) groups excluding carboxylic acids is 1. The first-order valence-electron chi connectivity index (χ1n) is 13.9. The second kappa shape index (κ2) is 11.6. The van der Waals surface area contributed by atoms with Crippen LogP contribution in [0.5, 0.6) is 5.75 Å². The Kier molecular flexibility index (Phi) is 7.98. The number of rotatable bonds is 7. The summed E-state index contributed by atoms with van der Waals surface area (Å²) in [5, 5.41) is 0. The van der Waals surface area contributed by atoms with Crippen molar-refractivity contribution in [1.82, 2.24) is 14.8 Å². The third-order valence-corrected chi connectivity index (χ3v) is 8.01. The van der Waals surface area contributed by atoms with Crippen LogP contribution in [0.4, 0.5) is 5.82 Å². The third kappa shape index (κ3) is 5.56. The molecule has 0 aliphatic carbocycles. The predicted molar refractivity (Wildman–Crippen MR) is 154 cm³/mol. The Balaban J connectivity index is 1.49. The maximum absolute atomic E-state index is 13.0. The molecule has 2 aliphatic rings. The van der Waals surface area contributed by atoms with Gasteiger partial charge in [0.1, 0.15) is 11.6 Å². The summed E-state index contributed by atoms with van der Waals surface area (Å²) in [7, 11) is 3.95. The van der Waals surface area contributed by atoms with E-state index in [2.05, 4.69) is 55.0 Å². The second-order valence-corrected chi connectivity index (χ2v) is 10.9. The lowest BCUT2D eigenvalue weighted by molar-refractivity contribution is -0.130. The van der Waals surface area contributed by atoms with Crippen LogP contribution >= 0.6 is 0 Å². The van der Waals surface area contributed by atoms with Crippen LogP contribution in [0.2, 0.25) is 0 Å². The van der Waals surface area contributed by atoms with E-state index in [4.69, 9.17) is 9.72 Å². The standard InChI is InChI=1S/C32H40N4O2/c1-23(2)28-22-27(25-12-8-13-26(21-25)38-4)31(29-14-9-15-34(29)3)32(33-28)36-18-16-35(17-19-36)30(37)20-24-10-6-5-7-11-24/h5-8,10-13,21-23,29H,9,14-20H2,1-4H3. The lowest BCUT2D eigenvalue weighted by Crippen LogP contribution is -2.50. The van der Waals surface area contributed by atoms with Gasteiger partial charge in [-0.15, -0.1) is 0 Å². The zero-order chi connectivity index (χ0) is 26.6. The highest BCUT2D eigenvalue weighted by Crippen LogP contribution is 2.43. The van der Waals surface area contributed by atoms with Gasteiger partial charge in [0, 0.05) is 43.5 Å². The summed E-state index contributed by atoms with van der Waals surface area (Å²) in [6.45, 7) is 8.52. The van der Waals surface area contributed by atoms with E-state index in [0.29, 0.717) is 31.5 Å². The van der Waals surface area contributed by atoms with E-state index in [-0.39, 0.29) is 5.91 Å². The normalized spacial score (nSPS) is 18.3. The van der Waals surface area contributed by atoms with Crippen molar-refractivity contribution in [3.05, 3.63) is 77.5 Å². The molecule has 200 valence electrons. The van der Waals surface area contributed by atoms with E-state index in [0.717, 1.165) is 48.9 Å². The Morgan fingerprint density at radius 1 is 1.00 bits per heavy atom. The number of likely N-dealkylation sites (tertiary alicyclic amines) is 1. The lowest BCUT2D eigenvalue weighted by atomic mass is 9.91. The summed E-state index contributed by atoms with van der Waals surface area (Å²) in [6, 6.07) is 21.0. The molecule has 0 saturated carbocycles. The minimum absolute atomic E-state index is 0.201. The van der Waals surface area contributed by atoms with E-state index in [1.165, 1.54) is 23.1 Å². The lowest BCUT2D eigenvalue weighted by Gasteiger charge is -2.38. The van der Waals surface area contributed by atoms with Crippen molar-refractivity contribution in [3.8, 4) is 16.9 Å². The van der Waals surface area contributed by atoms with Crippen LogP contribution in [-0.4, -0.2) is 67.6 Å². The molecule has 1 atom stereocenters. The van der Waals surface area contributed by atoms with Crippen LogP contribution in [0.15, 0.2) is 60.7 Å². The number of benzene rings is 2. The van der Waals surface area contributed by atoms with Gasteiger partial charge in [0.2, 0.25) is 5.91 Å². The van der Waals surface area contributed by atoms with Crippen LogP contribution in [0.25, 0.3) is 11.1 Å². The summed E-state index contributed by atoms with van der Waals surface area (Å²) in [6.07, 6.45) is 2.77. The molecular formula is C32H40N4O2. The molecular weight excluding hydrogens is 472 g/mol. The number of anilines is 1. The van der Waals surface area contributed by atoms with Crippen molar-refractivity contribution >= 4 is 11.7 Å². The van der Waals surface area contributed by atoms with Crippen LogP contribution in [0, 0.1) is 0 Å². The number of amides is 1. The Morgan fingerprint density at radius 2 is 1.76 bits per heavy atom. The maximum Gasteiger partial charge on any atom is 0.227 e. The topological polar surface area (TPSA) is 48.9 Å². The molecule has 6 heteroatoms. The zero-order valence-corrected chi connectivity index (χ0v) is 23.2. The molecule has 2 aromatic carbocycles. The van der Waals surface area contributed by atoms with Crippen molar-refractivity contribution in [2.24, 2.45) is 0 Å². The van der Waals surface area contributed by atoms with Crippen molar-refractivity contribution in [1.29, 1.82) is 0 Å². The molecule has 5 rings (SSSR count). The molecule has 0 bridgehead atoms. The number of carbonyl (C=O) groups is 1. The first-order chi connectivity index (χ1) is 18.4. The van der Waals surface area contributed by atoms with Gasteiger partial charge in [-0.2, -0.15) is 0 Å². The monoisotopic (exact) mass is 512 g/mol. The molecule has 0 spiro atoms. The first-order valence-corrected chi connectivity index (χ1v) is 13.9. The van der Waals surface area contributed by atoms with E-state index in [9.17, 15) is 4.79 Å². The van der Waals surface area contributed by atoms with Gasteiger partial charge in [-0.3, -0.25) is 9.69 Å². The van der Waals surface area contributed by atoms with Crippen molar-refractivity contribution in [3.63, 3.8) is 0 Å². The van der Waals surface area contributed by atoms with Gasteiger partial charge in [0.15, 0.2) is 0 Å². The average molecular weight is 513 g/mol. The Hall–Kier alpha value is -3.38. The average Bonchev–Trinajstić information content (AvgIpc) is 3.38. The Labute approximate surface area is 227 Å². The highest BCUT2D eigenvalue weighted by atomic mass is 16.5. The molecule has 0 radical (unpaired) electrons. The number of methoxy groups -OCH3 is 1. The largest absolute Gasteiger partial charge is 0.497 e. The van der Waals surface area contributed by atoms with Gasteiger partial charge >= 0.3 is 0 Å². The van der Waals surface area contributed by atoms with Crippen LogP contribution in [-0.2, 0) is 11.2 Å². The number of aromatic nitrogens is 1. The predicted octanol–water partition coefficient (Wildman–Crippen LogP) is 5.54. The molecule has 3 heterocycles. The number of hydrogen-bond acceptors (Lipinski definition) is 5. The van der Waals surface area contributed by atoms with E-state index in [1.54, 1.807) is 7.11 Å². The minimum atomic E-state index is 0.201. The number of piperazine rings is 1. The molecule has 1 amide bonds. The number of ether oxygens (including phenoxy) is 1. The van der Waals surface area contributed by atoms with Gasteiger partial charge in [0.05, 0.1) is 13.5 Å². The minimum Gasteiger partial charge on any atom is -0.497 e. The first kappa shape index (κ1) is 26.2. The van der Waals surface area contributed by atoms with Gasteiger partial charge in [-0.1, -0.05) is 56.3 Å². The van der Waals surface area contributed by atoms with Crippen LogP contribution < -0.4 is 9.64 Å². The van der Waals surface area contributed by atoms with Gasteiger partial charge in [0.25, 0.3) is 0 Å². The summed E-state index contributed by atoms with van der Waals surface area (Å²) in [4.78, 5) is 25.3. The fraction of sp³-hybridized carbons (Fsp3) is 0.438. The van der Waals surface area contributed by atoms with Crippen molar-refractivity contribution < 1.29 is 9.53 Å². The number of nitrogens with zero attached hydrogens (tertiary/aromatic N) is 4. The van der Waals surface area contributed by atoms with Gasteiger partial charge < -0.3 is 14.5 Å². The Bertz CT molecular complexity index is 1250. The molecule has 0 N–H and O–H groups in total. The number of pyridine rings is 1. The van der Waals surface area contributed by atoms with Crippen LogP contribution in [0.3, 0.4) is 0 Å². The quantitative estimate of drug-likeness (QED) is 0.416. The third-order valence-electron chi connectivity index (χ3n) is 8.01. The summed E-state index contributed by atoms with van der Waals surface area (Å²) in [5.74, 6) is 2.46. The Morgan fingerprint density at radius 3 is 2.42 bits per heavy atom. The number of hydrogen-bond donors (Lipinski definition) is 0. The second-order valence-electron chi connectivity index (χ2n) is 10.9. The summed E-state index contributed by atoms with van der Waals surface area (Å²) in [5.41, 5.74) is 5.90. The summed E-state index contributed by atoms with van der Waals surface area (Å²) >= 11 is 0. The summed E-state index contributed by atoms with van der Waals surface area (Å²) < 4.78 is 5.59.